The SMILES string of the molecule is CC(C)(C)OC(=O)Nc1c(C(=O)O)ccc2cccnc12. The average molecular weight is 288 g/mol. The second-order valence-electron chi connectivity index (χ2n) is 5.50. The number of hydrogen-bond donors (Lipinski definition) is 2. The second-order valence-corrected chi connectivity index (χ2v) is 5.50. The molecule has 0 aliphatic carbocycles. The van der Waals surface area contributed by atoms with Crippen molar-refractivity contribution in [3.05, 3.63) is 36.0 Å². The Balaban J connectivity index is 2.47. The van der Waals surface area contributed by atoms with E-state index in [0.717, 1.165) is 5.39 Å². The first-order valence-electron chi connectivity index (χ1n) is 6.39. The molecule has 6 heteroatoms. The number of aromatic carboxylic acids is 1. The van der Waals surface area contributed by atoms with Crippen LogP contribution in [0.4, 0.5) is 10.5 Å². The van der Waals surface area contributed by atoms with Crippen molar-refractivity contribution < 1.29 is 19.4 Å². The van der Waals surface area contributed by atoms with Gasteiger partial charge in [-0.25, -0.2) is 9.59 Å². The minimum atomic E-state index is -1.14. The molecule has 0 aliphatic heterocycles. The third-order valence-electron chi connectivity index (χ3n) is 2.63. The lowest BCUT2D eigenvalue weighted by molar-refractivity contribution is 0.0636. The number of benzene rings is 1. The van der Waals surface area contributed by atoms with Crippen molar-refractivity contribution in [2.45, 2.75) is 26.4 Å². The zero-order valence-corrected chi connectivity index (χ0v) is 12.0. The number of carboxylic acids is 1. The number of anilines is 1. The third-order valence-corrected chi connectivity index (χ3v) is 2.63. The molecule has 0 saturated carbocycles. The summed E-state index contributed by atoms with van der Waals surface area (Å²) in [5.74, 6) is -1.14. The fourth-order valence-electron chi connectivity index (χ4n) is 1.86. The fraction of sp³-hybridized carbons (Fsp3) is 0.267. The Morgan fingerprint density at radius 1 is 1.24 bits per heavy atom. The van der Waals surface area contributed by atoms with Crippen LogP contribution in [0.5, 0.6) is 0 Å². The van der Waals surface area contributed by atoms with Crippen molar-refractivity contribution >= 4 is 28.7 Å². The van der Waals surface area contributed by atoms with Crippen LogP contribution in [0.25, 0.3) is 10.9 Å². The molecule has 2 rings (SSSR count). The van der Waals surface area contributed by atoms with Crippen LogP contribution in [-0.2, 0) is 4.74 Å². The number of amides is 1. The van der Waals surface area contributed by atoms with Gasteiger partial charge in [0.15, 0.2) is 0 Å². The van der Waals surface area contributed by atoms with E-state index in [9.17, 15) is 14.7 Å². The first-order valence-corrected chi connectivity index (χ1v) is 6.39. The highest BCUT2D eigenvalue weighted by atomic mass is 16.6. The molecule has 1 amide bonds. The Morgan fingerprint density at radius 3 is 2.57 bits per heavy atom. The van der Waals surface area contributed by atoms with Crippen LogP contribution in [-0.4, -0.2) is 27.8 Å². The zero-order chi connectivity index (χ0) is 15.6. The minimum absolute atomic E-state index is 0.0351. The van der Waals surface area contributed by atoms with Crippen molar-refractivity contribution in [3.63, 3.8) is 0 Å². The monoisotopic (exact) mass is 288 g/mol. The molecule has 6 nitrogen and oxygen atoms in total. The maximum absolute atomic E-state index is 11.9. The highest BCUT2D eigenvalue weighted by Crippen LogP contribution is 2.26. The zero-order valence-electron chi connectivity index (χ0n) is 12.0. The number of carbonyl (C=O) groups excluding carboxylic acids is 1. The summed E-state index contributed by atoms with van der Waals surface area (Å²) in [5.41, 5.74) is -0.170. The standard InChI is InChI=1S/C15H16N2O4/c1-15(2,3)21-14(20)17-12-10(13(18)19)7-6-9-5-4-8-16-11(9)12/h4-8H,1-3H3,(H,17,20)(H,18,19). The minimum Gasteiger partial charge on any atom is -0.478 e. The lowest BCUT2D eigenvalue weighted by atomic mass is 10.1. The molecule has 1 aromatic heterocycles. The molecule has 0 saturated heterocycles. The highest BCUT2D eigenvalue weighted by molar-refractivity contribution is 6.08. The van der Waals surface area contributed by atoms with Crippen molar-refractivity contribution in [1.82, 2.24) is 4.98 Å². The molecule has 0 radical (unpaired) electrons. The molecule has 0 bridgehead atoms. The van der Waals surface area contributed by atoms with Gasteiger partial charge in [0.2, 0.25) is 0 Å². The van der Waals surface area contributed by atoms with E-state index in [1.165, 1.54) is 12.3 Å². The Labute approximate surface area is 121 Å². The van der Waals surface area contributed by atoms with Crippen LogP contribution >= 0.6 is 0 Å². The number of pyridine rings is 1. The Hall–Kier alpha value is -2.63. The van der Waals surface area contributed by atoms with Gasteiger partial charge in [-0.1, -0.05) is 12.1 Å². The van der Waals surface area contributed by atoms with Gasteiger partial charge in [0.25, 0.3) is 0 Å². The van der Waals surface area contributed by atoms with Gasteiger partial charge in [-0.05, 0) is 32.9 Å². The number of fused-ring (bicyclic) bond motifs is 1. The van der Waals surface area contributed by atoms with E-state index in [4.69, 9.17) is 4.74 Å². The quantitative estimate of drug-likeness (QED) is 0.885. The van der Waals surface area contributed by atoms with Crippen LogP contribution in [0.3, 0.4) is 0 Å². The summed E-state index contributed by atoms with van der Waals surface area (Å²) in [5, 5.41) is 12.5. The first kappa shape index (κ1) is 14.8. The maximum Gasteiger partial charge on any atom is 0.412 e. The molecular weight excluding hydrogens is 272 g/mol. The summed E-state index contributed by atoms with van der Waals surface area (Å²) in [7, 11) is 0. The number of nitrogens with one attached hydrogen (secondary N) is 1. The van der Waals surface area contributed by atoms with Gasteiger partial charge >= 0.3 is 12.1 Å². The molecule has 0 spiro atoms. The molecule has 0 fully saturated rings. The highest BCUT2D eigenvalue weighted by Gasteiger charge is 2.20. The molecule has 1 heterocycles. The lowest BCUT2D eigenvalue weighted by Gasteiger charge is -2.20. The molecule has 0 unspecified atom stereocenters. The predicted molar refractivity (Wildman–Crippen MR) is 78.6 cm³/mol. The van der Waals surface area contributed by atoms with Crippen LogP contribution < -0.4 is 5.32 Å². The van der Waals surface area contributed by atoms with Crippen LogP contribution in [0.1, 0.15) is 31.1 Å². The largest absolute Gasteiger partial charge is 0.478 e. The van der Waals surface area contributed by atoms with E-state index in [1.54, 1.807) is 39.0 Å². The second kappa shape index (κ2) is 5.40. The number of rotatable bonds is 2. The normalized spacial score (nSPS) is 11.2. The smallest absolute Gasteiger partial charge is 0.412 e. The number of aromatic nitrogens is 1. The molecule has 2 aromatic rings. The van der Waals surface area contributed by atoms with E-state index in [-0.39, 0.29) is 11.3 Å². The topological polar surface area (TPSA) is 88.5 Å². The molecule has 2 N–H and O–H groups in total. The first-order chi connectivity index (χ1) is 9.78. The summed E-state index contributed by atoms with van der Waals surface area (Å²) < 4.78 is 5.15. The summed E-state index contributed by atoms with van der Waals surface area (Å²) in [6.45, 7) is 5.18. The molecule has 21 heavy (non-hydrogen) atoms. The summed E-state index contributed by atoms with van der Waals surface area (Å²) in [6.07, 6.45) is 0.817. The van der Waals surface area contributed by atoms with E-state index < -0.39 is 17.7 Å². The van der Waals surface area contributed by atoms with Crippen LogP contribution in [0, 0.1) is 0 Å². The van der Waals surface area contributed by atoms with E-state index in [1.807, 2.05) is 0 Å². The van der Waals surface area contributed by atoms with Gasteiger partial charge in [0, 0.05) is 11.6 Å². The number of nitrogens with zero attached hydrogens (tertiary/aromatic N) is 1. The maximum atomic E-state index is 11.9. The van der Waals surface area contributed by atoms with Gasteiger partial charge in [0.1, 0.15) is 5.60 Å². The van der Waals surface area contributed by atoms with Gasteiger partial charge < -0.3 is 9.84 Å². The molecule has 110 valence electrons. The Kier molecular flexibility index (Phi) is 3.80. The van der Waals surface area contributed by atoms with E-state index >= 15 is 0 Å². The Bertz CT molecular complexity index is 704. The van der Waals surface area contributed by atoms with Crippen molar-refractivity contribution in [1.29, 1.82) is 0 Å². The summed E-state index contributed by atoms with van der Waals surface area (Å²) in [6, 6.07) is 6.60. The van der Waals surface area contributed by atoms with Crippen molar-refractivity contribution in [2.75, 3.05) is 5.32 Å². The fourth-order valence-corrected chi connectivity index (χ4v) is 1.86. The molecule has 0 atom stereocenters. The number of carboxylic acid groups (broad SMARTS) is 1. The average Bonchev–Trinajstić information content (AvgIpc) is 2.36. The van der Waals surface area contributed by atoms with E-state index in [0.29, 0.717) is 5.52 Å². The number of carbonyl (C=O) groups is 2. The summed E-state index contributed by atoms with van der Waals surface area (Å²) in [4.78, 5) is 27.3. The Morgan fingerprint density at radius 2 is 1.95 bits per heavy atom. The molecular formula is C15H16N2O4. The molecule has 1 aromatic carbocycles. The van der Waals surface area contributed by atoms with Gasteiger partial charge in [-0.15, -0.1) is 0 Å². The predicted octanol–water partition coefficient (Wildman–Crippen LogP) is 3.28. The molecule has 0 aliphatic rings. The van der Waals surface area contributed by atoms with Gasteiger partial charge in [-0.3, -0.25) is 10.3 Å². The van der Waals surface area contributed by atoms with Gasteiger partial charge in [-0.2, -0.15) is 0 Å². The van der Waals surface area contributed by atoms with Crippen LogP contribution in [0.2, 0.25) is 0 Å². The van der Waals surface area contributed by atoms with Gasteiger partial charge in [0.05, 0.1) is 16.8 Å². The van der Waals surface area contributed by atoms with E-state index in [2.05, 4.69) is 10.3 Å². The number of ether oxygens (including phenoxy) is 1. The third kappa shape index (κ3) is 3.47. The lowest BCUT2D eigenvalue weighted by Crippen LogP contribution is -2.28. The summed E-state index contributed by atoms with van der Waals surface area (Å²) >= 11 is 0. The number of hydrogen-bond acceptors (Lipinski definition) is 4. The van der Waals surface area contributed by atoms with Crippen molar-refractivity contribution in [2.24, 2.45) is 0 Å². The van der Waals surface area contributed by atoms with Crippen LogP contribution in [0.15, 0.2) is 30.5 Å². The van der Waals surface area contributed by atoms with Crippen molar-refractivity contribution in [3.8, 4) is 0 Å².